The molecule has 2 nitrogen and oxygen atoms in total. The maximum atomic E-state index is 6.03. The predicted octanol–water partition coefficient (Wildman–Crippen LogP) is 3.34. The first-order chi connectivity index (χ1) is 8.20. The number of allylic oxidation sites excluding steroid dienone is 2. The van der Waals surface area contributed by atoms with Crippen LogP contribution in [0.25, 0.3) is 5.70 Å². The normalized spacial score (nSPS) is 18.4. The van der Waals surface area contributed by atoms with Gasteiger partial charge < -0.3 is 10.1 Å². The Kier molecular flexibility index (Phi) is 6.41. The minimum atomic E-state index is -0.0681. The van der Waals surface area contributed by atoms with E-state index in [4.69, 9.17) is 16.3 Å². The molecule has 1 N–H and O–H groups in total. The van der Waals surface area contributed by atoms with E-state index in [2.05, 4.69) is 18.0 Å². The van der Waals surface area contributed by atoms with Gasteiger partial charge in [-0.05, 0) is 19.1 Å². The van der Waals surface area contributed by atoms with Gasteiger partial charge in [0.1, 0.15) is 5.75 Å². The van der Waals surface area contributed by atoms with Crippen molar-refractivity contribution < 1.29 is 37.4 Å². The van der Waals surface area contributed by atoms with Crippen LogP contribution in [0, 0.1) is 6.08 Å². The third-order valence-corrected chi connectivity index (χ3v) is 2.99. The Hall–Kier alpha value is -0.306. The molecule has 0 saturated heterocycles. The molecule has 1 aromatic carbocycles. The van der Waals surface area contributed by atoms with E-state index in [-0.39, 0.29) is 38.1 Å². The third-order valence-electron chi connectivity index (χ3n) is 2.58. The van der Waals surface area contributed by atoms with Crippen LogP contribution in [0.15, 0.2) is 36.5 Å². The number of halogens is 1. The molecule has 93 valence electrons. The van der Waals surface area contributed by atoms with Crippen LogP contribution in [-0.4, -0.2) is 12.0 Å². The molecule has 0 bridgehead atoms. The van der Waals surface area contributed by atoms with Gasteiger partial charge in [0.25, 0.3) is 0 Å². The summed E-state index contributed by atoms with van der Waals surface area (Å²) < 4.78 is 5.40. The van der Waals surface area contributed by atoms with Gasteiger partial charge in [-0.1, -0.05) is 13.0 Å². The zero-order valence-corrected chi connectivity index (χ0v) is 14.0. The first kappa shape index (κ1) is 15.8. The predicted molar refractivity (Wildman–Crippen MR) is 70.8 cm³/mol. The van der Waals surface area contributed by atoms with Crippen molar-refractivity contribution in [2.75, 3.05) is 6.61 Å². The number of hydrogen-bond acceptors (Lipinski definition) is 2. The van der Waals surface area contributed by atoms with E-state index in [1.165, 1.54) is 0 Å². The van der Waals surface area contributed by atoms with Gasteiger partial charge in [-0.25, -0.2) is 6.08 Å². The molecule has 0 amide bonds. The molecule has 1 aromatic rings. The van der Waals surface area contributed by atoms with Crippen LogP contribution in [0.1, 0.15) is 18.9 Å². The molecule has 1 heterocycles. The Balaban J connectivity index is 0.00000162. The van der Waals surface area contributed by atoms with Crippen molar-refractivity contribution in [2.45, 2.75) is 18.7 Å². The molecule has 1 aliphatic heterocycles. The first-order valence-corrected chi connectivity index (χ1v) is 6.08. The Labute approximate surface area is 138 Å². The van der Waals surface area contributed by atoms with E-state index >= 15 is 0 Å². The third kappa shape index (κ3) is 3.84. The SMILES string of the molecule is C=C1NC(c2ccc(OCC)cc2)=[C-]CC1Cl.[Y]. The second-order valence-electron chi connectivity index (χ2n) is 3.83. The van der Waals surface area contributed by atoms with Gasteiger partial charge in [-0.3, -0.25) is 0 Å². The maximum Gasteiger partial charge on any atom is 0.116 e. The summed E-state index contributed by atoms with van der Waals surface area (Å²) in [7, 11) is 0. The van der Waals surface area contributed by atoms with E-state index in [0.29, 0.717) is 13.0 Å². The van der Waals surface area contributed by atoms with E-state index in [0.717, 1.165) is 22.7 Å². The molecule has 0 fully saturated rings. The average Bonchev–Trinajstić information content (AvgIpc) is 2.34. The van der Waals surface area contributed by atoms with Crippen LogP contribution < -0.4 is 10.1 Å². The van der Waals surface area contributed by atoms with E-state index in [9.17, 15) is 0 Å². The Morgan fingerprint density at radius 2 is 2.11 bits per heavy atom. The molecule has 4 heteroatoms. The molecule has 1 unspecified atom stereocenters. The molecule has 2 rings (SSSR count). The van der Waals surface area contributed by atoms with Crippen LogP contribution in [0.3, 0.4) is 0 Å². The quantitative estimate of drug-likeness (QED) is 0.675. The number of hydrogen-bond donors (Lipinski definition) is 1. The van der Waals surface area contributed by atoms with E-state index in [1.54, 1.807) is 0 Å². The summed E-state index contributed by atoms with van der Waals surface area (Å²) in [5, 5.41) is 3.10. The van der Waals surface area contributed by atoms with Gasteiger partial charge in [0.05, 0.1) is 12.0 Å². The maximum absolute atomic E-state index is 6.03. The smallest absolute Gasteiger partial charge is 0.116 e. The topological polar surface area (TPSA) is 21.3 Å². The first-order valence-electron chi connectivity index (χ1n) is 5.64. The second kappa shape index (κ2) is 7.32. The van der Waals surface area contributed by atoms with Crippen LogP contribution >= 0.6 is 11.6 Å². The van der Waals surface area contributed by atoms with Crippen molar-refractivity contribution in [1.82, 2.24) is 5.32 Å². The summed E-state index contributed by atoms with van der Waals surface area (Å²) in [6, 6.07) is 7.90. The van der Waals surface area contributed by atoms with Gasteiger partial charge in [-0.2, -0.15) is 5.56 Å². The minimum Gasteiger partial charge on any atom is -0.494 e. The molecule has 0 spiro atoms. The van der Waals surface area contributed by atoms with Crippen LogP contribution in [0.2, 0.25) is 0 Å². The fourth-order valence-corrected chi connectivity index (χ4v) is 1.79. The van der Waals surface area contributed by atoms with Crippen molar-refractivity contribution >= 4 is 17.3 Å². The van der Waals surface area contributed by atoms with Gasteiger partial charge in [0.2, 0.25) is 0 Å². The fraction of sp³-hybridized carbons (Fsp3) is 0.286. The monoisotopic (exact) mass is 337 g/mol. The van der Waals surface area contributed by atoms with Crippen LogP contribution in [-0.2, 0) is 32.7 Å². The molecule has 0 aliphatic carbocycles. The summed E-state index contributed by atoms with van der Waals surface area (Å²) in [6.07, 6.45) is 3.93. The van der Waals surface area contributed by atoms with Gasteiger partial charge in [0.15, 0.2) is 0 Å². The molecule has 0 aromatic heterocycles. The fourth-order valence-electron chi connectivity index (χ4n) is 1.66. The summed E-state index contributed by atoms with van der Waals surface area (Å²) in [5.74, 6) is 0.877. The Bertz CT molecular complexity index is 442. The zero-order valence-electron chi connectivity index (χ0n) is 10.4. The summed E-state index contributed by atoms with van der Waals surface area (Å²) in [5.41, 5.74) is 2.84. The second-order valence-corrected chi connectivity index (χ2v) is 4.36. The molecule has 18 heavy (non-hydrogen) atoms. The minimum absolute atomic E-state index is 0. The molecular weight excluding hydrogens is 323 g/mol. The number of nitrogens with one attached hydrogen (secondary N) is 1. The Morgan fingerprint density at radius 1 is 1.44 bits per heavy atom. The van der Waals surface area contributed by atoms with Gasteiger partial charge >= 0.3 is 0 Å². The van der Waals surface area contributed by atoms with Crippen molar-refractivity contribution in [3.63, 3.8) is 0 Å². The number of benzene rings is 1. The Morgan fingerprint density at radius 3 is 2.67 bits per heavy atom. The summed E-state index contributed by atoms with van der Waals surface area (Å²) >= 11 is 6.03. The zero-order chi connectivity index (χ0) is 12.3. The van der Waals surface area contributed by atoms with Crippen LogP contribution in [0.4, 0.5) is 0 Å². The average molecular weight is 338 g/mol. The number of rotatable bonds is 3. The van der Waals surface area contributed by atoms with Crippen molar-refractivity contribution in [1.29, 1.82) is 0 Å². The van der Waals surface area contributed by atoms with Crippen molar-refractivity contribution in [3.05, 3.63) is 48.2 Å². The molecule has 1 atom stereocenters. The summed E-state index contributed by atoms with van der Waals surface area (Å²) in [4.78, 5) is 0. The molecule has 0 saturated carbocycles. The van der Waals surface area contributed by atoms with Crippen molar-refractivity contribution in [2.24, 2.45) is 0 Å². The van der Waals surface area contributed by atoms with Gasteiger partial charge in [0, 0.05) is 38.4 Å². The largest absolute Gasteiger partial charge is 0.494 e. The molecule has 1 aliphatic rings. The molecular formula is C14H15ClNOY-. The molecule has 1 radical (unpaired) electrons. The van der Waals surface area contributed by atoms with Crippen LogP contribution in [0.5, 0.6) is 5.75 Å². The van der Waals surface area contributed by atoms with E-state index in [1.807, 2.05) is 31.2 Å². The standard InChI is InChI=1S/C14H15ClNO.Y/c1-3-17-12-6-4-11(5-7-12)14-9-8-13(15)10(2)16-14;/h4-7,13,16H,2-3,8H2,1H3;/q-1;. The van der Waals surface area contributed by atoms with Gasteiger partial charge in [-0.15, -0.1) is 29.4 Å². The van der Waals surface area contributed by atoms with Crippen molar-refractivity contribution in [3.8, 4) is 5.75 Å². The summed E-state index contributed by atoms with van der Waals surface area (Å²) in [6.45, 7) is 6.54. The number of alkyl halides is 1. The number of ether oxygens (including phenoxy) is 1. The van der Waals surface area contributed by atoms with E-state index < -0.39 is 0 Å².